The highest BCUT2D eigenvalue weighted by molar-refractivity contribution is 7.98. The maximum absolute atomic E-state index is 11.0. The summed E-state index contributed by atoms with van der Waals surface area (Å²) in [5.74, 6) is -0.0835. The molecule has 1 heterocycles. The molecule has 4 heteroatoms. The Labute approximate surface area is 80.8 Å². The zero-order valence-electron chi connectivity index (χ0n) is 7.37. The molecule has 0 aliphatic heterocycles. The van der Waals surface area contributed by atoms with Gasteiger partial charge >= 0.3 is 0 Å². The number of aromatic nitrogens is 1. The van der Waals surface area contributed by atoms with E-state index < -0.39 is 0 Å². The van der Waals surface area contributed by atoms with Gasteiger partial charge in [0.25, 0.3) is 0 Å². The van der Waals surface area contributed by atoms with Gasteiger partial charge in [0.15, 0.2) is 5.78 Å². The Bertz CT molecular complexity index is 382. The fourth-order valence-corrected chi connectivity index (χ4v) is 1.40. The lowest BCUT2D eigenvalue weighted by Gasteiger charge is -2.00. The number of carbonyl (C=O) groups excluding carboxylic acids is 1. The molecule has 0 aromatic carbocycles. The standard InChI is InChI=1S/C9H8N2OS/c1-6(12)8-4-3-7(5-10)9(11-8)13-2/h3-4H,1-2H3. The van der Waals surface area contributed by atoms with Crippen molar-refractivity contribution in [1.29, 1.82) is 5.26 Å². The molecule has 0 fully saturated rings. The van der Waals surface area contributed by atoms with E-state index in [4.69, 9.17) is 5.26 Å². The van der Waals surface area contributed by atoms with Crippen LogP contribution >= 0.6 is 11.8 Å². The van der Waals surface area contributed by atoms with Crippen molar-refractivity contribution in [3.8, 4) is 6.07 Å². The molecular weight excluding hydrogens is 184 g/mol. The van der Waals surface area contributed by atoms with Gasteiger partial charge in [-0.2, -0.15) is 5.26 Å². The molecule has 1 aromatic heterocycles. The van der Waals surface area contributed by atoms with Crippen LogP contribution in [0, 0.1) is 11.3 Å². The van der Waals surface area contributed by atoms with Crippen LogP contribution in [-0.4, -0.2) is 17.0 Å². The number of carbonyl (C=O) groups is 1. The first-order valence-corrected chi connectivity index (χ1v) is 4.87. The number of hydrogen-bond acceptors (Lipinski definition) is 4. The minimum Gasteiger partial charge on any atom is -0.293 e. The van der Waals surface area contributed by atoms with Crippen LogP contribution in [0.3, 0.4) is 0 Å². The summed E-state index contributed by atoms with van der Waals surface area (Å²) in [5.41, 5.74) is 0.917. The molecule has 0 amide bonds. The molecule has 13 heavy (non-hydrogen) atoms. The van der Waals surface area contributed by atoms with Crippen molar-refractivity contribution >= 4 is 17.5 Å². The Kier molecular flexibility index (Phi) is 3.04. The lowest BCUT2D eigenvalue weighted by molar-refractivity contribution is 0.101. The first-order valence-electron chi connectivity index (χ1n) is 3.65. The van der Waals surface area contributed by atoms with Gasteiger partial charge in [-0.05, 0) is 18.4 Å². The summed E-state index contributed by atoms with van der Waals surface area (Å²) in [5, 5.41) is 9.30. The van der Waals surface area contributed by atoms with Gasteiger partial charge in [0.2, 0.25) is 0 Å². The maximum Gasteiger partial charge on any atom is 0.178 e. The summed E-state index contributed by atoms with van der Waals surface area (Å²) in [6, 6.07) is 5.21. The molecule has 0 bridgehead atoms. The molecule has 0 spiro atoms. The van der Waals surface area contributed by atoms with Crippen molar-refractivity contribution in [3.05, 3.63) is 23.4 Å². The number of thioether (sulfide) groups is 1. The van der Waals surface area contributed by atoms with E-state index in [1.807, 2.05) is 12.3 Å². The molecule has 0 aliphatic carbocycles. The van der Waals surface area contributed by atoms with Gasteiger partial charge in [-0.3, -0.25) is 4.79 Å². The van der Waals surface area contributed by atoms with Gasteiger partial charge in [-0.1, -0.05) is 0 Å². The summed E-state index contributed by atoms with van der Waals surface area (Å²) in [7, 11) is 0. The minimum atomic E-state index is -0.0835. The van der Waals surface area contributed by atoms with Gasteiger partial charge in [0.05, 0.1) is 5.56 Å². The van der Waals surface area contributed by atoms with Crippen LogP contribution in [0.2, 0.25) is 0 Å². The maximum atomic E-state index is 11.0. The molecular formula is C9H8N2OS. The van der Waals surface area contributed by atoms with Gasteiger partial charge < -0.3 is 0 Å². The van der Waals surface area contributed by atoms with Crippen LogP contribution in [0.5, 0.6) is 0 Å². The van der Waals surface area contributed by atoms with E-state index in [1.165, 1.54) is 18.7 Å². The zero-order valence-corrected chi connectivity index (χ0v) is 8.18. The molecule has 1 aromatic rings. The van der Waals surface area contributed by atoms with Crippen LogP contribution in [0.25, 0.3) is 0 Å². The van der Waals surface area contributed by atoms with Crippen molar-refractivity contribution in [3.63, 3.8) is 0 Å². The van der Waals surface area contributed by atoms with Gasteiger partial charge in [-0.25, -0.2) is 4.98 Å². The van der Waals surface area contributed by atoms with Crippen LogP contribution in [0.15, 0.2) is 17.2 Å². The summed E-state index contributed by atoms with van der Waals surface area (Å²) in [6.45, 7) is 1.46. The second-order valence-electron chi connectivity index (χ2n) is 2.42. The second kappa shape index (κ2) is 4.06. The van der Waals surface area contributed by atoms with Crippen molar-refractivity contribution < 1.29 is 4.79 Å². The molecule has 66 valence electrons. The van der Waals surface area contributed by atoms with Crippen molar-refractivity contribution in [1.82, 2.24) is 4.98 Å². The van der Waals surface area contributed by atoms with E-state index in [9.17, 15) is 4.79 Å². The molecule has 0 radical (unpaired) electrons. The highest BCUT2D eigenvalue weighted by Crippen LogP contribution is 2.17. The third-order valence-electron chi connectivity index (χ3n) is 1.53. The van der Waals surface area contributed by atoms with Crippen molar-refractivity contribution in [2.45, 2.75) is 11.9 Å². The van der Waals surface area contributed by atoms with Crippen LogP contribution in [0.1, 0.15) is 23.0 Å². The Hall–Kier alpha value is -1.34. The summed E-state index contributed by atoms with van der Waals surface area (Å²) < 4.78 is 0. The summed E-state index contributed by atoms with van der Waals surface area (Å²) >= 11 is 1.37. The number of hydrogen-bond donors (Lipinski definition) is 0. The van der Waals surface area contributed by atoms with E-state index in [0.29, 0.717) is 16.3 Å². The highest BCUT2D eigenvalue weighted by Gasteiger charge is 2.06. The molecule has 0 N–H and O–H groups in total. The first-order chi connectivity index (χ1) is 6.19. The molecule has 0 saturated heterocycles. The number of ketones is 1. The second-order valence-corrected chi connectivity index (χ2v) is 3.22. The SMILES string of the molecule is CSc1nc(C(C)=O)ccc1C#N. The minimum absolute atomic E-state index is 0.0835. The van der Waals surface area contributed by atoms with Crippen LogP contribution in [-0.2, 0) is 0 Å². The predicted molar refractivity (Wildman–Crippen MR) is 50.7 cm³/mol. The lowest BCUT2D eigenvalue weighted by atomic mass is 10.2. The summed E-state index contributed by atoms with van der Waals surface area (Å²) in [6.07, 6.45) is 1.83. The monoisotopic (exact) mass is 192 g/mol. The Morgan fingerprint density at radius 1 is 1.62 bits per heavy atom. The zero-order chi connectivity index (χ0) is 9.84. The van der Waals surface area contributed by atoms with E-state index in [2.05, 4.69) is 4.98 Å². The smallest absolute Gasteiger partial charge is 0.178 e. The fourth-order valence-electron chi connectivity index (χ4n) is 0.877. The largest absolute Gasteiger partial charge is 0.293 e. The summed E-state index contributed by atoms with van der Waals surface area (Å²) in [4.78, 5) is 15.0. The van der Waals surface area contributed by atoms with Gasteiger partial charge in [0, 0.05) is 6.92 Å². The first kappa shape index (κ1) is 9.75. The average Bonchev–Trinajstić information content (AvgIpc) is 2.16. The fraction of sp³-hybridized carbons (Fsp3) is 0.222. The molecule has 1 rings (SSSR count). The quantitative estimate of drug-likeness (QED) is 0.530. The number of pyridine rings is 1. The molecule has 0 saturated carbocycles. The van der Waals surface area contributed by atoms with E-state index in [1.54, 1.807) is 12.1 Å². The topological polar surface area (TPSA) is 53.8 Å². The number of nitriles is 1. The van der Waals surface area contributed by atoms with E-state index in [-0.39, 0.29) is 5.78 Å². The van der Waals surface area contributed by atoms with E-state index >= 15 is 0 Å². The predicted octanol–water partition coefficient (Wildman–Crippen LogP) is 1.88. The normalized spacial score (nSPS) is 9.31. The van der Waals surface area contributed by atoms with Crippen molar-refractivity contribution in [2.24, 2.45) is 0 Å². The Morgan fingerprint density at radius 3 is 2.77 bits per heavy atom. The van der Waals surface area contributed by atoms with Crippen molar-refractivity contribution in [2.75, 3.05) is 6.26 Å². The van der Waals surface area contributed by atoms with Gasteiger partial charge in [0.1, 0.15) is 16.8 Å². The number of Topliss-reactive ketones (excluding diaryl/α,β-unsaturated/α-hetero) is 1. The highest BCUT2D eigenvalue weighted by atomic mass is 32.2. The Balaban J connectivity index is 3.23. The number of nitrogens with zero attached hydrogens (tertiary/aromatic N) is 2. The third kappa shape index (κ3) is 2.07. The average molecular weight is 192 g/mol. The number of rotatable bonds is 2. The molecule has 3 nitrogen and oxygen atoms in total. The lowest BCUT2D eigenvalue weighted by Crippen LogP contribution is -1.98. The third-order valence-corrected chi connectivity index (χ3v) is 2.23. The van der Waals surface area contributed by atoms with E-state index in [0.717, 1.165) is 0 Å². The van der Waals surface area contributed by atoms with Gasteiger partial charge in [-0.15, -0.1) is 11.8 Å². The molecule has 0 atom stereocenters. The Morgan fingerprint density at radius 2 is 2.31 bits per heavy atom. The van der Waals surface area contributed by atoms with Crippen LogP contribution in [0.4, 0.5) is 0 Å². The molecule has 0 aliphatic rings. The molecule has 0 unspecified atom stereocenters. The van der Waals surface area contributed by atoms with Crippen LogP contribution < -0.4 is 0 Å².